The standard InChI is InChI=1S/C11H23N3O4/c1-14(11(16)9(12)8-18-3)7-10(15)13-5-4-6-17-2/h9H,4-8,12H2,1-3H3,(H,13,15). The van der Waals surface area contributed by atoms with E-state index in [1.165, 1.54) is 19.1 Å². The number of nitrogens with two attached hydrogens (primary N) is 1. The first kappa shape index (κ1) is 16.8. The van der Waals surface area contributed by atoms with Crippen LogP contribution in [-0.2, 0) is 19.1 Å². The normalized spacial score (nSPS) is 12.0. The maximum Gasteiger partial charge on any atom is 0.242 e. The summed E-state index contributed by atoms with van der Waals surface area (Å²) in [5.74, 6) is -0.532. The zero-order valence-electron chi connectivity index (χ0n) is 11.3. The molecule has 0 spiro atoms. The molecule has 0 aromatic heterocycles. The predicted octanol–water partition coefficient (Wildman–Crippen LogP) is -1.43. The Labute approximate surface area is 108 Å². The Balaban J connectivity index is 3.88. The first-order valence-electron chi connectivity index (χ1n) is 5.78. The van der Waals surface area contributed by atoms with Crippen molar-refractivity contribution in [3.05, 3.63) is 0 Å². The highest BCUT2D eigenvalue weighted by atomic mass is 16.5. The molecule has 0 heterocycles. The third-order valence-corrected chi connectivity index (χ3v) is 2.27. The smallest absolute Gasteiger partial charge is 0.242 e. The maximum atomic E-state index is 11.7. The monoisotopic (exact) mass is 261 g/mol. The average Bonchev–Trinajstić information content (AvgIpc) is 2.34. The zero-order chi connectivity index (χ0) is 14.0. The molecule has 7 heteroatoms. The predicted molar refractivity (Wildman–Crippen MR) is 67.0 cm³/mol. The molecule has 0 aliphatic rings. The summed E-state index contributed by atoms with van der Waals surface area (Å²) in [6, 6.07) is -0.735. The Bertz CT molecular complexity index is 261. The van der Waals surface area contributed by atoms with E-state index in [0.717, 1.165) is 6.42 Å². The van der Waals surface area contributed by atoms with Gasteiger partial charge in [-0.2, -0.15) is 0 Å². The van der Waals surface area contributed by atoms with E-state index in [0.29, 0.717) is 13.2 Å². The van der Waals surface area contributed by atoms with Crippen molar-refractivity contribution in [2.24, 2.45) is 5.73 Å². The summed E-state index contributed by atoms with van der Waals surface area (Å²) in [4.78, 5) is 24.4. The number of amides is 2. The van der Waals surface area contributed by atoms with Crippen LogP contribution in [0.4, 0.5) is 0 Å². The number of rotatable bonds is 9. The van der Waals surface area contributed by atoms with E-state index < -0.39 is 6.04 Å². The molecule has 1 atom stereocenters. The summed E-state index contributed by atoms with van der Waals surface area (Å²) in [6.45, 7) is 1.24. The molecule has 0 bridgehead atoms. The van der Waals surface area contributed by atoms with Crippen LogP contribution in [0.1, 0.15) is 6.42 Å². The molecule has 0 saturated carbocycles. The van der Waals surface area contributed by atoms with E-state index in [-0.39, 0.29) is 25.0 Å². The van der Waals surface area contributed by atoms with Gasteiger partial charge in [0.1, 0.15) is 6.04 Å². The lowest BCUT2D eigenvalue weighted by Gasteiger charge is -2.20. The third kappa shape index (κ3) is 7.21. The van der Waals surface area contributed by atoms with Gasteiger partial charge in [-0.05, 0) is 6.42 Å². The Morgan fingerprint density at radius 2 is 2.00 bits per heavy atom. The van der Waals surface area contributed by atoms with Gasteiger partial charge in [-0.25, -0.2) is 0 Å². The fourth-order valence-electron chi connectivity index (χ4n) is 1.33. The van der Waals surface area contributed by atoms with Crippen LogP contribution in [0.25, 0.3) is 0 Å². The minimum Gasteiger partial charge on any atom is -0.385 e. The van der Waals surface area contributed by atoms with Crippen LogP contribution in [0.2, 0.25) is 0 Å². The van der Waals surface area contributed by atoms with Gasteiger partial charge in [0.15, 0.2) is 0 Å². The number of nitrogens with one attached hydrogen (secondary N) is 1. The van der Waals surface area contributed by atoms with Crippen molar-refractivity contribution >= 4 is 11.8 Å². The van der Waals surface area contributed by atoms with Crippen molar-refractivity contribution in [2.75, 3.05) is 47.6 Å². The van der Waals surface area contributed by atoms with E-state index in [4.69, 9.17) is 15.2 Å². The van der Waals surface area contributed by atoms with Gasteiger partial charge in [0, 0.05) is 34.4 Å². The summed E-state index contributed by atoms with van der Waals surface area (Å²) in [7, 11) is 4.60. The molecule has 0 aliphatic heterocycles. The van der Waals surface area contributed by atoms with Crippen LogP contribution in [0.15, 0.2) is 0 Å². The van der Waals surface area contributed by atoms with Crippen LogP contribution in [0.3, 0.4) is 0 Å². The van der Waals surface area contributed by atoms with Gasteiger partial charge >= 0.3 is 0 Å². The minimum atomic E-state index is -0.735. The van der Waals surface area contributed by atoms with Gasteiger partial charge in [0.2, 0.25) is 11.8 Å². The number of hydrogen-bond donors (Lipinski definition) is 2. The summed E-state index contributed by atoms with van der Waals surface area (Å²) < 4.78 is 9.64. The number of ether oxygens (including phenoxy) is 2. The average molecular weight is 261 g/mol. The van der Waals surface area contributed by atoms with E-state index >= 15 is 0 Å². The van der Waals surface area contributed by atoms with Crippen LogP contribution in [0, 0.1) is 0 Å². The molecule has 3 N–H and O–H groups in total. The quantitative estimate of drug-likeness (QED) is 0.496. The highest BCUT2D eigenvalue weighted by Crippen LogP contribution is 1.91. The van der Waals surface area contributed by atoms with Crippen molar-refractivity contribution in [1.82, 2.24) is 10.2 Å². The van der Waals surface area contributed by atoms with E-state index in [2.05, 4.69) is 5.32 Å². The largest absolute Gasteiger partial charge is 0.385 e. The topological polar surface area (TPSA) is 93.9 Å². The number of carbonyl (C=O) groups is 2. The zero-order valence-corrected chi connectivity index (χ0v) is 11.3. The van der Waals surface area contributed by atoms with Gasteiger partial charge in [-0.3, -0.25) is 9.59 Å². The molecule has 0 aromatic carbocycles. The Hall–Kier alpha value is -1.18. The van der Waals surface area contributed by atoms with Crippen molar-refractivity contribution in [3.8, 4) is 0 Å². The molecule has 0 saturated heterocycles. The molecule has 106 valence electrons. The van der Waals surface area contributed by atoms with Crippen LogP contribution >= 0.6 is 0 Å². The summed E-state index contributed by atoms with van der Waals surface area (Å²) in [5, 5.41) is 2.69. The minimum absolute atomic E-state index is 0.0107. The Morgan fingerprint density at radius 3 is 2.56 bits per heavy atom. The second-order valence-corrected chi connectivity index (χ2v) is 3.95. The Morgan fingerprint density at radius 1 is 1.33 bits per heavy atom. The SMILES string of the molecule is COCCCNC(=O)CN(C)C(=O)C(N)COC. The molecule has 0 aliphatic carbocycles. The van der Waals surface area contributed by atoms with Crippen molar-refractivity contribution in [1.29, 1.82) is 0 Å². The van der Waals surface area contributed by atoms with Crippen molar-refractivity contribution in [3.63, 3.8) is 0 Å². The lowest BCUT2D eigenvalue weighted by atomic mass is 10.3. The molecule has 2 amide bonds. The lowest BCUT2D eigenvalue weighted by Crippen LogP contribution is -2.47. The van der Waals surface area contributed by atoms with Gasteiger partial charge in [-0.1, -0.05) is 0 Å². The lowest BCUT2D eigenvalue weighted by molar-refractivity contribution is -0.136. The molecule has 7 nitrogen and oxygen atoms in total. The van der Waals surface area contributed by atoms with E-state index in [9.17, 15) is 9.59 Å². The number of hydrogen-bond acceptors (Lipinski definition) is 5. The van der Waals surface area contributed by atoms with Crippen molar-refractivity contribution in [2.45, 2.75) is 12.5 Å². The number of likely N-dealkylation sites (N-methyl/N-ethyl adjacent to an activating group) is 1. The van der Waals surface area contributed by atoms with Gasteiger partial charge in [0.05, 0.1) is 13.2 Å². The maximum absolute atomic E-state index is 11.7. The summed E-state index contributed by atoms with van der Waals surface area (Å²) in [5.41, 5.74) is 5.58. The first-order chi connectivity index (χ1) is 8.52. The third-order valence-electron chi connectivity index (χ3n) is 2.27. The summed E-state index contributed by atoms with van der Waals surface area (Å²) >= 11 is 0. The highest BCUT2D eigenvalue weighted by Gasteiger charge is 2.19. The van der Waals surface area contributed by atoms with Crippen LogP contribution < -0.4 is 11.1 Å². The molecule has 0 rings (SSSR count). The van der Waals surface area contributed by atoms with Crippen LogP contribution in [0.5, 0.6) is 0 Å². The fraction of sp³-hybridized carbons (Fsp3) is 0.818. The van der Waals surface area contributed by atoms with Gasteiger partial charge < -0.3 is 25.4 Å². The molecule has 1 unspecified atom stereocenters. The highest BCUT2D eigenvalue weighted by molar-refractivity contribution is 5.87. The second kappa shape index (κ2) is 9.81. The molecular formula is C11H23N3O4. The Kier molecular flexibility index (Phi) is 9.17. The van der Waals surface area contributed by atoms with E-state index in [1.807, 2.05) is 0 Å². The number of carbonyl (C=O) groups excluding carboxylic acids is 2. The van der Waals surface area contributed by atoms with Crippen molar-refractivity contribution < 1.29 is 19.1 Å². The fourth-order valence-corrected chi connectivity index (χ4v) is 1.33. The summed E-state index contributed by atoms with van der Waals surface area (Å²) in [6.07, 6.45) is 0.739. The second-order valence-electron chi connectivity index (χ2n) is 3.95. The molecule has 0 fully saturated rings. The molecular weight excluding hydrogens is 238 g/mol. The molecule has 0 radical (unpaired) electrons. The molecule has 18 heavy (non-hydrogen) atoms. The van der Waals surface area contributed by atoms with Crippen LogP contribution in [-0.4, -0.2) is 70.3 Å². The number of nitrogens with zero attached hydrogens (tertiary/aromatic N) is 1. The number of methoxy groups -OCH3 is 2. The van der Waals surface area contributed by atoms with Gasteiger partial charge in [-0.15, -0.1) is 0 Å². The molecule has 0 aromatic rings. The van der Waals surface area contributed by atoms with Gasteiger partial charge in [0.25, 0.3) is 0 Å². The first-order valence-corrected chi connectivity index (χ1v) is 5.78. The van der Waals surface area contributed by atoms with E-state index in [1.54, 1.807) is 7.11 Å².